The van der Waals surface area contributed by atoms with Crippen LogP contribution in [0.25, 0.3) is 0 Å². The summed E-state index contributed by atoms with van der Waals surface area (Å²) in [4.78, 5) is 16.4. The molecule has 0 fully saturated rings. The number of benzene rings is 2. The molecule has 162 valence electrons. The van der Waals surface area contributed by atoms with Crippen LogP contribution in [-0.4, -0.2) is 33.1 Å². The predicted octanol–water partition coefficient (Wildman–Crippen LogP) is 3.55. The number of ether oxygens (including phenoxy) is 2. The Morgan fingerprint density at radius 2 is 1.67 bits per heavy atom. The summed E-state index contributed by atoms with van der Waals surface area (Å²) in [6.45, 7) is 5.10. The lowest BCUT2D eigenvalue weighted by Gasteiger charge is -2.14. The van der Waals surface area contributed by atoms with Gasteiger partial charge >= 0.3 is 0 Å². The molecular formula is C23H32N4O3. The second-order valence-electron chi connectivity index (χ2n) is 6.97. The molecule has 0 spiro atoms. The van der Waals surface area contributed by atoms with Gasteiger partial charge in [0.2, 0.25) is 5.91 Å². The number of hydrogen-bond acceptors (Lipinski definition) is 4. The molecule has 0 bridgehead atoms. The molecule has 0 aliphatic rings. The zero-order valence-corrected chi connectivity index (χ0v) is 18.4. The van der Waals surface area contributed by atoms with Crippen LogP contribution in [0.1, 0.15) is 31.4 Å². The molecule has 1 amide bonds. The normalized spacial score (nSPS) is 12.1. The van der Waals surface area contributed by atoms with Crippen LogP contribution >= 0.6 is 0 Å². The molecule has 7 heteroatoms. The molecule has 0 heterocycles. The van der Waals surface area contributed by atoms with Gasteiger partial charge in [0.25, 0.3) is 0 Å². The number of carbonyl (C=O) groups is 1. The smallest absolute Gasteiger partial charge is 0.227 e. The van der Waals surface area contributed by atoms with Crippen molar-refractivity contribution in [3.8, 4) is 11.5 Å². The third-order valence-corrected chi connectivity index (χ3v) is 4.85. The first kappa shape index (κ1) is 23.1. The fourth-order valence-electron chi connectivity index (χ4n) is 2.79. The van der Waals surface area contributed by atoms with Gasteiger partial charge in [-0.05, 0) is 41.8 Å². The summed E-state index contributed by atoms with van der Waals surface area (Å²) >= 11 is 0. The molecule has 2 aromatic carbocycles. The van der Waals surface area contributed by atoms with Crippen LogP contribution in [0.3, 0.4) is 0 Å². The third-order valence-electron chi connectivity index (χ3n) is 4.85. The summed E-state index contributed by atoms with van der Waals surface area (Å²) in [6, 6.07) is 13.6. The number of hydrogen-bond donors (Lipinski definition) is 3. The number of rotatable bonds is 9. The van der Waals surface area contributed by atoms with Gasteiger partial charge in [-0.2, -0.15) is 0 Å². The Hall–Kier alpha value is -3.22. The topological polar surface area (TPSA) is 84.0 Å². The maximum atomic E-state index is 12.1. The van der Waals surface area contributed by atoms with Crippen molar-refractivity contribution in [2.45, 2.75) is 33.4 Å². The highest BCUT2D eigenvalue weighted by Gasteiger charge is 2.10. The van der Waals surface area contributed by atoms with Gasteiger partial charge in [-0.1, -0.05) is 32.0 Å². The number of anilines is 1. The van der Waals surface area contributed by atoms with E-state index in [1.165, 1.54) is 0 Å². The van der Waals surface area contributed by atoms with Crippen molar-refractivity contribution in [1.29, 1.82) is 0 Å². The Labute approximate surface area is 178 Å². The van der Waals surface area contributed by atoms with Crippen LogP contribution in [0, 0.1) is 5.92 Å². The minimum absolute atomic E-state index is 0.00797. The minimum Gasteiger partial charge on any atom is -0.493 e. The van der Waals surface area contributed by atoms with Crippen molar-refractivity contribution in [1.82, 2.24) is 10.6 Å². The fourth-order valence-corrected chi connectivity index (χ4v) is 2.79. The number of guanidine groups is 1. The van der Waals surface area contributed by atoms with Crippen LogP contribution in [-0.2, 0) is 17.9 Å². The predicted molar refractivity (Wildman–Crippen MR) is 121 cm³/mol. The first-order valence-electron chi connectivity index (χ1n) is 10.1. The Kier molecular flexibility index (Phi) is 9.00. The molecule has 0 saturated carbocycles. The maximum absolute atomic E-state index is 12.1. The van der Waals surface area contributed by atoms with Gasteiger partial charge in [-0.25, -0.2) is 0 Å². The number of carbonyl (C=O) groups excluding carboxylic acids is 1. The zero-order valence-electron chi connectivity index (χ0n) is 18.4. The van der Waals surface area contributed by atoms with E-state index >= 15 is 0 Å². The van der Waals surface area contributed by atoms with E-state index < -0.39 is 0 Å². The highest BCUT2D eigenvalue weighted by molar-refractivity contribution is 5.92. The third kappa shape index (κ3) is 6.69. The van der Waals surface area contributed by atoms with E-state index in [1.807, 2.05) is 56.3 Å². The number of nitrogens with zero attached hydrogens (tertiary/aromatic N) is 1. The second-order valence-corrected chi connectivity index (χ2v) is 6.97. The Morgan fingerprint density at radius 1 is 1.00 bits per heavy atom. The quantitative estimate of drug-likeness (QED) is 0.433. The lowest BCUT2D eigenvalue weighted by Crippen LogP contribution is -2.36. The van der Waals surface area contributed by atoms with Crippen LogP contribution in [0.4, 0.5) is 5.69 Å². The molecule has 1 unspecified atom stereocenters. The summed E-state index contributed by atoms with van der Waals surface area (Å²) in [5.74, 6) is 2.10. The van der Waals surface area contributed by atoms with E-state index in [0.717, 1.165) is 23.2 Å². The van der Waals surface area contributed by atoms with Crippen molar-refractivity contribution in [3.05, 3.63) is 53.6 Å². The summed E-state index contributed by atoms with van der Waals surface area (Å²) in [5, 5.41) is 9.55. The van der Waals surface area contributed by atoms with Crippen molar-refractivity contribution in [3.63, 3.8) is 0 Å². The standard InChI is InChI=1S/C23H32N4O3/c1-6-16(2)22(28)27-19-9-7-8-17(12-19)14-25-23(24-3)26-15-18-10-11-20(29-4)21(13-18)30-5/h7-13,16H,6,14-15H2,1-5H3,(H,27,28)(H2,24,25,26). The Balaban J connectivity index is 1.91. The van der Waals surface area contributed by atoms with Crippen LogP contribution in [0.2, 0.25) is 0 Å². The molecule has 0 aromatic heterocycles. The van der Waals surface area contributed by atoms with Crippen molar-refractivity contribution in [2.75, 3.05) is 26.6 Å². The molecule has 30 heavy (non-hydrogen) atoms. The van der Waals surface area contributed by atoms with Crippen LogP contribution in [0.15, 0.2) is 47.5 Å². The average molecular weight is 413 g/mol. The number of amides is 1. The van der Waals surface area contributed by atoms with E-state index in [4.69, 9.17) is 9.47 Å². The van der Waals surface area contributed by atoms with E-state index in [1.54, 1.807) is 21.3 Å². The van der Waals surface area contributed by atoms with Gasteiger partial charge in [0.15, 0.2) is 17.5 Å². The molecule has 0 saturated heterocycles. The number of methoxy groups -OCH3 is 2. The van der Waals surface area contributed by atoms with Gasteiger partial charge in [0.05, 0.1) is 14.2 Å². The number of nitrogens with one attached hydrogen (secondary N) is 3. The van der Waals surface area contributed by atoms with E-state index in [-0.39, 0.29) is 11.8 Å². The zero-order chi connectivity index (χ0) is 21.9. The van der Waals surface area contributed by atoms with Gasteiger partial charge in [0.1, 0.15) is 0 Å². The summed E-state index contributed by atoms with van der Waals surface area (Å²) in [5.41, 5.74) is 2.89. The first-order chi connectivity index (χ1) is 14.5. The Morgan fingerprint density at radius 3 is 2.27 bits per heavy atom. The average Bonchev–Trinajstić information content (AvgIpc) is 2.78. The number of aliphatic imine (C=N–C) groups is 1. The lowest BCUT2D eigenvalue weighted by atomic mass is 10.1. The van der Waals surface area contributed by atoms with E-state index in [2.05, 4.69) is 20.9 Å². The summed E-state index contributed by atoms with van der Waals surface area (Å²) in [7, 11) is 4.97. The fraction of sp³-hybridized carbons (Fsp3) is 0.391. The highest BCUT2D eigenvalue weighted by Crippen LogP contribution is 2.27. The summed E-state index contributed by atoms with van der Waals surface area (Å²) < 4.78 is 10.6. The monoisotopic (exact) mass is 412 g/mol. The Bertz CT molecular complexity index is 867. The molecular weight excluding hydrogens is 380 g/mol. The van der Waals surface area contributed by atoms with Crippen molar-refractivity contribution >= 4 is 17.6 Å². The van der Waals surface area contributed by atoms with Crippen LogP contribution < -0.4 is 25.4 Å². The van der Waals surface area contributed by atoms with Crippen molar-refractivity contribution in [2.24, 2.45) is 10.9 Å². The van der Waals surface area contributed by atoms with Gasteiger partial charge in [-0.3, -0.25) is 9.79 Å². The molecule has 7 nitrogen and oxygen atoms in total. The molecule has 2 rings (SSSR count). The largest absolute Gasteiger partial charge is 0.493 e. The van der Waals surface area contributed by atoms with E-state index in [0.29, 0.717) is 30.5 Å². The van der Waals surface area contributed by atoms with Crippen molar-refractivity contribution < 1.29 is 14.3 Å². The molecule has 0 radical (unpaired) electrons. The summed E-state index contributed by atoms with van der Waals surface area (Å²) in [6.07, 6.45) is 0.815. The molecule has 0 aliphatic heterocycles. The lowest BCUT2D eigenvalue weighted by molar-refractivity contribution is -0.119. The highest BCUT2D eigenvalue weighted by atomic mass is 16.5. The maximum Gasteiger partial charge on any atom is 0.227 e. The molecule has 2 aromatic rings. The molecule has 0 aliphatic carbocycles. The van der Waals surface area contributed by atoms with Gasteiger partial charge in [-0.15, -0.1) is 0 Å². The minimum atomic E-state index is -0.00797. The molecule has 3 N–H and O–H groups in total. The van der Waals surface area contributed by atoms with E-state index in [9.17, 15) is 4.79 Å². The molecule has 1 atom stereocenters. The van der Waals surface area contributed by atoms with Gasteiger partial charge in [0, 0.05) is 31.7 Å². The van der Waals surface area contributed by atoms with Crippen LogP contribution in [0.5, 0.6) is 11.5 Å². The van der Waals surface area contributed by atoms with Gasteiger partial charge < -0.3 is 25.4 Å². The second kappa shape index (κ2) is 11.7. The first-order valence-corrected chi connectivity index (χ1v) is 10.1. The SMILES string of the molecule is CCC(C)C(=O)Nc1cccc(CNC(=NC)NCc2ccc(OC)c(OC)c2)c1.